The Morgan fingerprint density at radius 1 is 1.04 bits per heavy atom. The molecule has 3 heterocycles. The van der Waals surface area contributed by atoms with E-state index in [1.165, 1.54) is 6.07 Å². The average Bonchev–Trinajstić information content (AvgIpc) is 3.05. The SMILES string of the molecule is Cc1c2c(cc3occc13)Oc1cc(C(F)(F)F)cc3cc[n+](C)c-2c13. The van der Waals surface area contributed by atoms with Crippen molar-refractivity contribution in [3.8, 4) is 22.8 Å². The minimum Gasteiger partial charge on any atom is -0.464 e. The minimum absolute atomic E-state index is 0.207. The number of fused-ring (bicyclic) bond motifs is 3. The van der Waals surface area contributed by atoms with Crippen LogP contribution in [0.25, 0.3) is 33.0 Å². The zero-order valence-corrected chi connectivity index (χ0v) is 13.9. The summed E-state index contributed by atoms with van der Waals surface area (Å²) in [4.78, 5) is 0. The molecule has 2 aromatic carbocycles. The molecule has 1 aliphatic rings. The fourth-order valence-electron chi connectivity index (χ4n) is 3.76. The Hall–Kier alpha value is -3.02. The van der Waals surface area contributed by atoms with Gasteiger partial charge in [-0.25, -0.2) is 4.57 Å². The van der Waals surface area contributed by atoms with Crippen molar-refractivity contribution in [2.45, 2.75) is 13.1 Å². The van der Waals surface area contributed by atoms with Crippen molar-refractivity contribution >= 4 is 21.7 Å². The molecule has 0 atom stereocenters. The van der Waals surface area contributed by atoms with Crippen molar-refractivity contribution < 1.29 is 26.9 Å². The second-order valence-electron chi connectivity index (χ2n) is 6.52. The molecule has 0 spiro atoms. The first-order valence-electron chi connectivity index (χ1n) is 8.07. The van der Waals surface area contributed by atoms with Gasteiger partial charge in [0.2, 0.25) is 5.69 Å². The molecule has 0 amide bonds. The van der Waals surface area contributed by atoms with E-state index in [4.69, 9.17) is 9.15 Å². The van der Waals surface area contributed by atoms with E-state index in [2.05, 4.69) is 0 Å². The summed E-state index contributed by atoms with van der Waals surface area (Å²) in [5.74, 6) is 0.707. The first kappa shape index (κ1) is 15.3. The van der Waals surface area contributed by atoms with Crippen LogP contribution in [0.1, 0.15) is 11.1 Å². The van der Waals surface area contributed by atoms with Crippen molar-refractivity contribution in [1.29, 1.82) is 0 Å². The number of aromatic nitrogens is 1. The Morgan fingerprint density at radius 3 is 2.62 bits per heavy atom. The average molecular weight is 356 g/mol. The summed E-state index contributed by atoms with van der Waals surface area (Å²) >= 11 is 0. The normalized spacial score (nSPS) is 13.1. The minimum atomic E-state index is -4.44. The second-order valence-corrected chi connectivity index (χ2v) is 6.52. The highest BCUT2D eigenvalue weighted by Gasteiger charge is 2.36. The highest BCUT2D eigenvalue weighted by molar-refractivity contribution is 6.04. The van der Waals surface area contributed by atoms with E-state index in [0.29, 0.717) is 22.1 Å². The molecule has 0 N–H and O–H groups in total. The maximum Gasteiger partial charge on any atom is 0.416 e. The summed E-state index contributed by atoms with van der Waals surface area (Å²) in [6.07, 6.45) is -1.07. The molecule has 130 valence electrons. The molecule has 0 aliphatic carbocycles. The van der Waals surface area contributed by atoms with Crippen molar-refractivity contribution in [1.82, 2.24) is 0 Å². The van der Waals surface area contributed by atoms with Gasteiger partial charge >= 0.3 is 6.18 Å². The third-order valence-electron chi connectivity index (χ3n) is 4.97. The van der Waals surface area contributed by atoms with Gasteiger partial charge in [-0.3, -0.25) is 0 Å². The maximum atomic E-state index is 13.3. The number of ether oxygens (including phenoxy) is 1. The summed E-state index contributed by atoms with van der Waals surface area (Å²) < 4.78 is 53.2. The number of benzene rings is 2. The number of rotatable bonds is 0. The second kappa shape index (κ2) is 4.78. The van der Waals surface area contributed by atoms with Crippen molar-refractivity contribution in [3.63, 3.8) is 0 Å². The smallest absolute Gasteiger partial charge is 0.416 e. The van der Waals surface area contributed by atoms with Gasteiger partial charge < -0.3 is 9.15 Å². The molecule has 0 bridgehead atoms. The van der Waals surface area contributed by atoms with Gasteiger partial charge in [0.15, 0.2) is 6.20 Å². The summed E-state index contributed by atoms with van der Waals surface area (Å²) in [6, 6.07) is 7.53. The summed E-state index contributed by atoms with van der Waals surface area (Å²) in [5.41, 5.74) is 2.61. The lowest BCUT2D eigenvalue weighted by molar-refractivity contribution is -0.659. The van der Waals surface area contributed by atoms with E-state index in [9.17, 15) is 13.2 Å². The highest BCUT2D eigenvalue weighted by Crippen LogP contribution is 2.49. The lowest BCUT2D eigenvalue weighted by Crippen LogP contribution is -2.31. The lowest BCUT2D eigenvalue weighted by Gasteiger charge is -2.22. The molecule has 5 rings (SSSR count). The van der Waals surface area contributed by atoms with Crippen molar-refractivity contribution in [3.05, 3.63) is 53.9 Å². The molecular weight excluding hydrogens is 343 g/mol. The van der Waals surface area contributed by atoms with Gasteiger partial charge in [0, 0.05) is 17.5 Å². The molecule has 6 heteroatoms. The van der Waals surface area contributed by atoms with Crippen LogP contribution in [0.15, 0.2) is 47.2 Å². The summed E-state index contributed by atoms with van der Waals surface area (Å²) in [7, 11) is 1.88. The summed E-state index contributed by atoms with van der Waals surface area (Å²) in [6.45, 7) is 1.97. The van der Waals surface area contributed by atoms with Crippen LogP contribution in [-0.4, -0.2) is 0 Å². The summed E-state index contributed by atoms with van der Waals surface area (Å²) in [5, 5.41) is 2.14. The molecule has 2 aromatic heterocycles. The third kappa shape index (κ3) is 1.92. The van der Waals surface area contributed by atoms with Crippen LogP contribution in [0.5, 0.6) is 11.5 Å². The van der Waals surface area contributed by atoms with Gasteiger partial charge in [-0.1, -0.05) is 0 Å². The molecule has 1 aliphatic heterocycles. The molecule has 0 unspecified atom stereocenters. The van der Waals surface area contributed by atoms with Gasteiger partial charge in [-0.2, -0.15) is 13.2 Å². The molecule has 0 saturated carbocycles. The Kier molecular flexibility index (Phi) is 2.81. The molecule has 0 fully saturated rings. The Balaban J connectivity index is 1.94. The van der Waals surface area contributed by atoms with Crippen LogP contribution in [0, 0.1) is 6.92 Å². The van der Waals surface area contributed by atoms with E-state index >= 15 is 0 Å². The predicted octanol–water partition coefficient (Wildman–Crippen LogP) is 5.51. The molecule has 4 aromatic rings. The fraction of sp³-hybridized carbons (Fsp3) is 0.150. The van der Waals surface area contributed by atoms with Crippen molar-refractivity contribution in [2.75, 3.05) is 0 Å². The van der Waals surface area contributed by atoms with E-state index in [0.717, 1.165) is 28.3 Å². The molecule has 0 radical (unpaired) electrons. The first-order valence-corrected chi connectivity index (χ1v) is 8.07. The number of pyridine rings is 1. The Bertz CT molecular complexity index is 1220. The van der Waals surface area contributed by atoms with E-state index in [-0.39, 0.29) is 5.75 Å². The number of furan rings is 1. The van der Waals surface area contributed by atoms with Crippen LogP contribution in [0.3, 0.4) is 0 Å². The Labute approximate surface area is 146 Å². The molecule has 0 saturated heterocycles. The highest BCUT2D eigenvalue weighted by atomic mass is 19.4. The maximum absolute atomic E-state index is 13.3. The van der Waals surface area contributed by atoms with Gasteiger partial charge in [0.25, 0.3) is 0 Å². The van der Waals surface area contributed by atoms with Gasteiger partial charge in [-0.15, -0.1) is 0 Å². The van der Waals surface area contributed by atoms with Gasteiger partial charge in [0.05, 0.1) is 22.8 Å². The topological polar surface area (TPSA) is 26.2 Å². The number of hydrogen-bond donors (Lipinski definition) is 0. The van der Waals surface area contributed by atoms with Gasteiger partial charge in [-0.05, 0) is 36.1 Å². The Morgan fingerprint density at radius 2 is 1.85 bits per heavy atom. The monoisotopic (exact) mass is 356 g/mol. The van der Waals surface area contributed by atoms with Crippen molar-refractivity contribution in [2.24, 2.45) is 7.05 Å². The number of halogens is 3. The van der Waals surface area contributed by atoms with E-state index in [1.807, 2.05) is 24.6 Å². The third-order valence-corrected chi connectivity index (χ3v) is 4.97. The quantitative estimate of drug-likeness (QED) is 0.342. The number of nitrogens with zero attached hydrogens (tertiary/aromatic N) is 1. The molecular formula is C20H13F3NO2+. The van der Waals surface area contributed by atoms with Crippen LogP contribution in [0.4, 0.5) is 13.2 Å². The van der Waals surface area contributed by atoms with Crippen LogP contribution in [-0.2, 0) is 13.2 Å². The standard InChI is InChI=1S/C20H13F3NO2/c1-10-13-4-6-25-14(13)9-16-17(10)19-18-11(3-5-24(19)2)7-12(20(21,22)23)8-15(18)26-16/h3-9H,1-2H3/q+1. The van der Waals surface area contributed by atoms with E-state index in [1.54, 1.807) is 24.6 Å². The van der Waals surface area contributed by atoms with E-state index < -0.39 is 11.7 Å². The number of alkyl halides is 3. The fourth-order valence-corrected chi connectivity index (χ4v) is 3.76. The molecule has 26 heavy (non-hydrogen) atoms. The zero-order chi connectivity index (χ0) is 18.2. The van der Waals surface area contributed by atoms with Crippen LogP contribution in [0.2, 0.25) is 0 Å². The largest absolute Gasteiger partial charge is 0.464 e. The lowest BCUT2D eigenvalue weighted by atomic mass is 9.93. The number of hydrogen-bond acceptors (Lipinski definition) is 2. The zero-order valence-electron chi connectivity index (χ0n) is 13.9. The van der Waals surface area contributed by atoms with Crippen LogP contribution >= 0.6 is 0 Å². The number of aryl methyl sites for hydroxylation is 2. The van der Waals surface area contributed by atoms with Gasteiger partial charge in [0.1, 0.15) is 24.1 Å². The predicted molar refractivity (Wildman–Crippen MR) is 90.1 cm³/mol. The molecule has 3 nitrogen and oxygen atoms in total. The van der Waals surface area contributed by atoms with Crippen LogP contribution < -0.4 is 9.30 Å². The first-order chi connectivity index (χ1) is 12.3.